The molecule has 1 aliphatic heterocycles. The van der Waals surface area contributed by atoms with Crippen LogP contribution in [0.25, 0.3) is 0 Å². The SMILES string of the molecule is CSN1CCCC(c2ccccc2)C1. The fourth-order valence-corrected chi connectivity index (χ4v) is 2.75. The van der Waals surface area contributed by atoms with Gasteiger partial charge in [0, 0.05) is 13.1 Å². The van der Waals surface area contributed by atoms with Gasteiger partial charge in [-0.05, 0) is 30.6 Å². The molecule has 1 heterocycles. The molecular formula is C12H17NS. The average molecular weight is 207 g/mol. The monoisotopic (exact) mass is 207 g/mol. The third-order valence-corrected chi connectivity index (χ3v) is 3.76. The number of nitrogens with zero attached hydrogens (tertiary/aromatic N) is 1. The minimum Gasteiger partial charge on any atom is -0.250 e. The molecule has 1 aromatic carbocycles. The quantitative estimate of drug-likeness (QED) is 0.685. The molecule has 14 heavy (non-hydrogen) atoms. The Bertz CT molecular complexity index is 273. The molecule has 0 amide bonds. The molecular weight excluding hydrogens is 190 g/mol. The molecule has 1 aliphatic rings. The first kappa shape index (κ1) is 10.1. The van der Waals surface area contributed by atoms with E-state index in [-0.39, 0.29) is 0 Å². The molecule has 0 saturated carbocycles. The largest absolute Gasteiger partial charge is 0.250 e. The van der Waals surface area contributed by atoms with Gasteiger partial charge in [0.15, 0.2) is 0 Å². The van der Waals surface area contributed by atoms with Gasteiger partial charge in [0.25, 0.3) is 0 Å². The second-order valence-corrected chi connectivity index (χ2v) is 4.70. The highest BCUT2D eigenvalue weighted by molar-refractivity contribution is 7.96. The van der Waals surface area contributed by atoms with Gasteiger partial charge in [-0.25, -0.2) is 0 Å². The van der Waals surface area contributed by atoms with Crippen LogP contribution in [0.3, 0.4) is 0 Å². The molecule has 1 aromatic rings. The van der Waals surface area contributed by atoms with Gasteiger partial charge in [-0.2, -0.15) is 0 Å². The summed E-state index contributed by atoms with van der Waals surface area (Å²) >= 11 is 1.88. The summed E-state index contributed by atoms with van der Waals surface area (Å²) < 4.78 is 2.47. The number of rotatable bonds is 2. The molecule has 0 spiro atoms. The lowest BCUT2D eigenvalue weighted by atomic mass is 9.92. The van der Waals surface area contributed by atoms with Crippen molar-refractivity contribution in [1.29, 1.82) is 0 Å². The summed E-state index contributed by atoms with van der Waals surface area (Å²) in [6.45, 7) is 2.47. The number of hydrogen-bond donors (Lipinski definition) is 0. The van der Waals surface area contributed by atoms with Crippen molar-refractivity contribution in [2.75, 3.05) is 19.3 Å². The van der Waals surface area contributed by atoms with Crippen LogP contribution in [0.5, 0.6) is 0 Å². The molecule has 76 valence electrons. The molecule has 0 bridgehead atoms. The molecule has 0 aromatic heterocycles. The lowest BCUT2D eigenvalue weighted by Crippen LogP contribution is -2.28. The maximum atomic E-state index is 2.47. The first-order chi connectivity index (χ1) is 6.90. The Morgan fingerprint density at radius 2 is 2.07 bits per heavy atom. The van der Waals surface area contributed by atoms with Crippen LogP contribution < -0.4 is 0 Å². The van der Waals surface area contributed by atoms with E-state index in [2.05, 4.69) is 40.9 Å². The van der Waals surface area contributed by atoms with Crippen LogP contribution in [-0.2, 0) is 0 Å². The molecule has 1 unspecified atom stereocenters. The van der Waals surface area contributed by atoms with Gasteiger partial charge in [0.05, 0.1) is 0 Å². The van der Waals surface area contributed by atoms with Crippen molar-refractivity contribution in [1.82, 2.24) is 4.31 Å². The zero-order chi connectivity index (χ0) is 9.80. The Morgan fingerprint density at radius 1 is 1.29 bits per heavy atom. The first-order valence-corrected chi connectivity index (χ1v) is 6.42. The fourth-order valence-electron chi connectivity index (χ4n) is 2.11. The van der Waals surface area contributed by atoms with E-state index in [0.717, 1.165) is 5.92 Å². The topological polar surface area (TPSA) is 3.24 Å². The molecule has 1 saturated heterocycles. The first-order valence-electron chi connectivity index (χ1n) is 5.24. The van der Waals surface area contributed by atoms with E-state index < -0.39 is 0 Å². The minimum atomic E-state index is 0.748. The van der Waals surface area contributed by atoms with Gasteiger partial charge < -0.3 is 0 Å². The number of hydrogen-bond acceptors (Lipinski definition) is 2. The molecule has 2 rings (SSSR count). The maximum Gasteiger partial charge on any atom is 0.0158 e. The zero-order valence-electron chi connectivity index (χ0n) is 8.65. The van der Waals surface area contributed by atoms with Crippen molar-refractivity contribution in [3.63, 3.8) is 0 Å². The summed E-state index contributed by atoms with van der Waals surface area (Å²) in [6.07, 6.45) is 4.86. The van der Waals surface area contributed by atoms with Crippen LogP contribution in [-0.4, -0.2) is 23.7 Å². The van der Waals surface area contributed by atoms with Crippen LogP contribution in [0, 0.1) is 0 Å². The Kier molecular flexibility index (Phi) is 3.49. The molecule has 2 heteroatoms. The summed E-state index contributed by atoms with van der Waals surface area (Å²) in [5.41, 5.74) is 1.51. The second-order valence-electron chi connectivity index (χ2n) is 3.82. The Labute approximate surface area is 90.6 Å². The minimum absolute atomic E-state index is 0.748. The van der Waals surface area contributed by atoms with Gasteiger partial charge >= 0.3 is 0 Å². The average Bonchev–Trinajstić information content (AvgIpc) is 2.30. The van der Waals surface area contributed by atoms with Crippen LogP contribution >= 0.6 is 11.9 Å². The Morgan fingerprint density at radius 3 is 2.79 bits per heavy atom. The highest BCUT2D eigenvalue weighted by Gasteiger charge is 2.20. The van der Waals surface area contributed by atoms with Crippen LogP contribution in [0.2, 0.25) is 0 Å². The van der Waals surface area contributed by atoms with E-state index in [1.165, 1.54) is 31.5 Å². The van der Waals surface area contributed by atoms with Gasteiger partial charge in [-0.15, -0.1) is 0 Å². The van der Waals surface area contributed by atoms with Gasteiger partial charge in [0.1, 0.15) is 0 Å². The number of benzene rings is 1. The summed E-state index contributed by atoms with van der Waals surface area (Å²) in [4.78, 5) is 0. The van der Waals surface area contributed by atoms with Crippen molar-refractivity contribution in [3.8, 4) is 0 Å². The predicted molar refractivity (Wildman–Crippen MR) is 63.5 cm³/mol. The van der Waals surface area contributed by atoms with Crippen LogP contribution in [0.15, 0.2) is 30.3 Å². The van der Waals surface area contributed by atoms with Crippen molar-refractivity contribution < 1.29 is 0 Å². The van der Waals surface area contributed by atoms with E-state index in [9.17, 15) is 0 Å². The van der Waals surface area contributed by atoms with Crippen molar-refractivity contribution in [2.24, 2.45) is 0 Å². The van der Waals surface area contributed by atoms with E-state index in [1.54, 1.807) is 0 Å². The van der Waals surface area contributed by atoms with E-state index in [1.807, 2.05) is 11.9 Å². The molecule has 1 atom stereocenters. The second kappa shape index (κ2) is 4.85. The molecule has 0 radical (unpaired) electrons. The Hall–Kier alpha value is -0.470. The number of piperidine rings is 1. The highest BCUT2D eigenvalue weighted by Crippen LogP contribution is 2.28. The third-order valence-electron chi connectivity index (χ3n) is 2.91. The van der Waals surface area contributed by atoms with Gasteiger partial charge in [0.2, 0.25) is 0 Å². The molecule has 0 N–H and O–H groups in total. The predicted octanol–water partition coefficient (Wildman–Crippen LogP) is 3.14. The van der Waals surface area contributed by atoms with E-state index in [4.69, 9.17) is 0 Å². The zero-order valence-corrected chi connectivity index (χ0v) is 9.46. The molecule has 1 fully saturated rings. The van der Waals surface area contributed by atoms with Crippen LogP contribution in [0.1, 0.15) is 24.3 Å². The summed E-state index contributed by atoms with van der Waals surface area (Å²) in [6, 6.07) is 10.9. The maximum absolute atomic E-state index is 2.47. The normalized spacial score (nSPS) is 23.6. The lowest BCUT2D eigenvalue weighted by Gasteiger charge is -2.31. The van der Waals surface area contributed by atoms with Gasteiger partial charge in [-0.1, -0.05) is 42.3 Å². The summed E-state index contributed by atoms with van der Waals surface area (Å²) in [5, 5.41) is 0. The fraction of sp³-hybridized carbons (Fsp3) is 0.500. The van der Waals surface area contributed by atoms with Crippen LogP contribution in [0.4, 0.5) is 0 Å². The third kappa shape index (κ3) is 2.31. The highest BCUT2D eigenvalue weighted by atomic mass is 32.2. The molecule has 1 nitrogen and oxygen atoms in total. The smallest absolute Gasteiger partial charge is 0.0158 e. The standard InChI is InChI=1S/C12H17NS/c1-14-13-9-5-8-12(10-13)11-6-3-2-4-7-11/h2-4,6-7,12H,5,8-10H2,1H3. The van der Waals surface area contributed by atoms with Crippen molar-refractivity contribution >= 4 is 11.9 Å². The summed E-state index contributed by atoms with van der Waals surface area (Å²) in [5.74, 6) is 0.748. The molecule has 0 aliphatic carbocycles. The van der Waals surface area contributed by atoms with Crippen molar-refractivity contribution in [3.05, 3.63) is 35.9 Å². The Balaban J connectivity index is 2.04. The van der Waals surface area contributed by atoms with Gasteiger partial charge in [-0.3, -0.25) is 4.31 Å². The lowest BCUT2D eigenvalue weighted by molar-refractivity contribution is 0.343. The van der Waals surface area contributed by atoms with E-state index in [0.29, 0.717) is 0 Å². The summed E-state index contributed by atoms with van der Waals surface area (Å²) in [7, 11) is 0. The van der Waals surface area contributed by atoms with Crippen molar-refractivity contribution in [2.45, 2.75) is 18.8 Å². The van der Waals surface area contributed by atoms with E-state index >= 15 is 0 Å².